The van der Waals surface area contributed by atoms with Gasteiger partial charge in [0.1, 0.15) is 0 Å². The monoisotopic (exact) mass is 320 g/mol. The molecule has 0 aliphatic rings. The predicted octanol–water partition coefficient (Wildman–Crippen LogP) is 3.20. The van der Waals surface area contributed by atoms with Crippen LogP contribution in [0.3, 0.4) is 0 Å². The van der Waals surface area contributed by atoms with Gasteiger partial charge >= 0.3 is 0 Å². The van der Waals surface area contributed by atoms with Gasteiger partial charge in [0.05, 0.1) is 10.3 Å². The Bertz CT molecular complexity index is 443. The first-order chi connectivity index (χ1) is 8.93. The maximum Gasteiger partial charge on any atom is 0.233 e. The van der Waals surface area contributed by atoms with Crippen molar-refractivity contribution in [2.45, 2.75) is 30.0 Å². The Hall–Kier alpha value is -0.420. The van der Waals surface area contributed by atoms with Gasteiger partial charge in [-0.2, -0.15) is 0 Å². The van der Waals surface area contributed by atoms with E-state index < -0.39 is 0 Å². The lowest BCUT2D eigenvalue weighted by Gasteiger charge is -2.15. The molecule has 2 atom stereocenters. The topological polar surface area (TPSA) is 41.1 Å². The summed E-state index contributed by atoms with van der Waals surface area (Å²) < 4.78 is 0. The minimum Gasteiger partial charge on any atom is -0.354 e. The number of likely N-dealkylation sites (N-methyl/N-ethyl adjacent to an activating group) is 1. The molecule has 0 bridgehead atoms. The van der Waals surface area contributed by atoms with Gasteiger partial charge in [-0.05, 0) is 39.1 Å². The maximum atomic E-state index is 11.9. The SMILES string of the molecule is CNC(C)CNC(=O)C(C)Sc1cc(Cl)ccc1Cl. The summed E-state index contributed by atoms with van der Waals surface area (Å²) in [5.41, 5.74) is 0. The third-order valence-electron chi connectivity index (χ3n) is 2.64. The Kier molecular flexibility index (Phi) is 7.00. The first-order valence-corrected chi connectivity index (χ1v) is 7.64. The lowest BCUT2D eigenvalue weighted by atomic mass is 10.3. The predicted molar refractivity (Wildman–Crippen MR) is 83.3 cm³/mol. The highest BCUT2D eigenvalue weighted by Gasteiger charge is 2.16. The lowest BCUT2D eigenvalue weighted by molar-refractivity contribution is -0.120. The zero-order valence-electron chi connectivity index (χ0n) is 11.2. The van der Waals surface area contributed by atoms with E-state index in [9.17, 15) is 4.79 Å². The number of nitrogens with one attached hydrogen (secondary N) is 2. The summed E-state index contributed by atoms with van der Waals surface area (Å²) in [6.45, 7) is 4.46. The molecule has 0 aliphatic heterocycles. The van der Waals surface area contributed by atoms with Crippen molar-refractivity contribution in [3.05, 3.63) is 28.2 Å². The maximum absolute atomic E-state index is 11.9. The number of thioether (sulfide) groups is 1. The van der Waals surface area contributed by atoms with Crippen LogP contribution in [0, 0.1) is 0 Å². The summed E-state index contributed by atoms with van der Waals surface area (Å²) in [7, 11) is 1.86. The number of halogens is 2. The number of carbonyl (C=O) groups is 1. The van der Waals surface area contributed by atoms with Crippen LogP contribution in [0.15, 0.2) is 23.1 Å². The quantitative estimate of drug-likeness (QED) is 0.791. The van der Waals surface area contributed by atoms with Crippen molar-refractivity contribution in [1.82, 2.24) is 10.6 Å². The van der Waals surface area contributed by atoms with Crippen LogP contribution in [-0.4, -0.2) is 30.8 Å². The fraction of sp³-hybridized carbons (Fsp3) is 0.462. The van der Waals surface area contributed by atoms with E-state index in [4.69, 9.17) is 23.2 Å². The van der Waals surface area contributed by atoms with Gasteiger partial charge in [0.25, 0.3) is 0 Å². The second kappa shape index (κ2) is 8.00. The summed E-state index contributed by atoms with van der Waals surface area (Å²) in [6, 6.07) is 5.48. The molecule has 0 radical (unpaired) electrons. The average Bonchev–Trinajstić information content (AvgIpc) is 2.39. The van der Waals surface area contributed by atoms with Gasteiger partial charge in [-0.1, -0.05) is 23.2 Å². The Morgan fingerprint density at radius 1 is 1.37 bits per heavy atom. The summed E-state index contributed by atoms with van der Waals surface area (Å²) >= 11 is 13.4. The molecule has 0 spiro atoms. The van der Waals surface area contributed by atoms with Gasteiger partial charge in [0, 0.05) is 22.5 Å². The van der Waals surface area contributed by atoms with Gasteiger partial charge in [-0.15, -0.1) is 11.8 Å². The fourth-order valence-corrected chi connectivity index (χ4v) is 2.75. The summed E-state index contributed by atoms with van der Waals surface area (Å²) in [5.74, 6) is -0.0110. The molecular weight excluding hydrogens is 303 g/mol. The molecule has 2 unspecified atom stereocenters. The third kappa shape index (κ3) is 5.61. The number of hydrogen-bond donors (Lipinski definition) is 2. The van der Waals surface area contributed by atoms with Crippen molar-refractivity contribution < 1.29 is 4.79 Å². The zero-order valence-corrected chi connectivity index (χ0v) is 13.5. The molecule has 6 heteroatoms. The van der Waals surface area contributed by atoms with E-state index in [0.29, 0.717) is 16.6 Å². The number of carbonyl (C=O) groups excluding carboxylic acids is 1. The fourth-order valence-electron chi connectivity index (χ4n) is 1.31. The molecule has 19 heavy (non-hydrogen) atoms. The zero-order chi connectivity index (χ0) is 14.4. The molecule has 0 heterocycles. The molecule has 1 aromatic carbocycles. The van der Waals surface area contributed by atoms with E-state index in [2.05, 4.69) is 10.6 Å². The Morgan fingerprint density at radius 3 is 2.68 bits per heavy atom. The van der Waals surface area contributed by atoms with E-state index in [1.807, 2.05) is 20.9 Å². The molecule has 0 aromatic heterocycles. The van der Waals surface area contributed by atoms with Crippen molar-refractivity contribution in [1.29, 1.82) is 0 Å². The van der Waals surface area contributed by atoms with Crippen LogP contribution in [0.4, 0.5) is 0 Å². The van der Waals surface area contributed by atoms with Crippen LogP contribution in [0.1, 0.15) is 13.8 Å². The van der Waals surface area contributed by atoms with Crippen LogP contribution in [-0.2, 0) is 4.79 Å². The summed E-state index contributed by atoms with van der Waals surface area (Å²) in [4.78, 5) is 12.7. The van der Waals surface area contributed by atoms with Gasteiger partial charge in [0.2, 0.25) is 5.91 Å². The molecule has 1 rings (SSSR count). The van der Waals surface area contributed by atoms with Crippen LogP contribution in [0.2, 0.25) is 10.0 Å². The normalized spacial score (nSPS) is 13.9. The van der Waals surface area contributed by atoms with Crippen molar-refractivity contribution >= 4 is 40.9 Å². The second-order valence-corrected chi connectivity index (χ2v) is 6.50. The van der Waals surface area contributed by atoms with E-state index in [-0.39, 0.29) is 17.2 Å². The van der Waals surface area contributed by atoms with Crippen molar-refractivity contribution in [3.8, 4) is 0 Å². The van der Waals surface area contributed by atoms with Crippen LogP contribution in [0.25, 0.3) is 0 Å². The number of benzene rings is 1. The van der Waals surface area contributed by atoms with Gasteiger partial charge in [0.15, 0.2) is 0 Å². The third-order valence-corrected chi connectivity index (χ3v) is 4.48. The summed E-state index contributed by atoms with van der Waals surface area (Å²) in [5, 5.41) is 6.96. The Balaban J connectivity index is 2.56. The molecule has 0 saturated carbocycles. The van der Waals surface area contributed by atoms with Crippen molar-refractivity contribution in [2.24, 2.45) is 0 Å². The number of rotatable bonds is 6. The minimum atomic E-state index is -0.222. The molecular formula is C13H18Cl2N2OS. The molecule has 0 fully saturated rings. The van der Waals surface area contributed by atoms with Gasteiger partial charge in [-0.3, -0.25) is 4.79 Å². The molecule has 106 valence electrons. The Labute approximate surface area is 128 Å². The van der Waals surface area contributed by atoms with Crippen LogP contribution in [0.5, 0.6) is 0 Å². The van der Waals surface area contributed by atoms with Crippen LogP contribution >= 0.6 is 35.0 Å². The largest absolute Gasteiger partial charge is 0.354 e. The molecule has 3 nitrogen and oxygen atoms in total. The Morgan fingerprint density at radius 2 is 2.05 bits per heavy atom. The highest BCUT2D eigenvalue weighted by Crippen LogP contribution is 2.32. The highest BCUT2D eigenvalue weighted by atomic mass is 35.5. The van der Waals surface area contributed by atoms with Gasteiger partial charge in [-0.25, -0.2) is 0 Å². The molecule has 1 amide bonds. The first kappa shape index (κ1) is 16.6. The standard InChI is InChI=1S/C13H18Cl2N2OS/c1-8(16-3)7-17-13(18)9(2)19-12-6-10(14)4-5-11(12)15/h4-6,8-9,16H,7H2,1-3H3,(H,17,18). The lowest BCUT2D eigenvalue weighted by Crippen LogP contribution is -2.40. The second-order valence-electron chi connectivity index (χ2n) is 4.27. The van der Waals surface area contributed by atoms with E-state index in [1.54, 1.807) is 18.2 Å². The number of amides is 1. The van der Waals surface area contributed by atoms with E-state index in [1.165, 1.54) is 11.8 Å². The number of hydrogen-bond acceptors (Lipinski definition) is 3. The molecule has 0 aliphatic carbocycles. The molecule has 0 saturated heterocycles. The van der Waals surface area contributed by atoms with Gasteiger partial charge < -0.3 is 10.6 Å². The average molecular weight is 321 g/mol. The molecule has 1 aromatic rings. The minimum absolute atomic E-state index is 0.0110. The van der Waals surface area contributed by atoms with E-state index >= 15 is 0 Å². The highest BCUT2D eigenvalue weighted by molar-refractivity contribution is 8.00. The first-order valence-electron chi connectivity index (χ1n) is 6.00. The van der Waals surface area contributed by atoms with Crippen molar-refractivity contribution in [2.75, 3.05) is 13.6 Å². The van der Waals surface area contributed by atoms with Crippen LogP contribution < -0.4 is 10.6 Å². The van der Waals surface area contributed by atoms with E-state index in [0.717, 1.165) is 4.90 Å². The van der Waals surface area contributed by atoms with Crippen molar-refractivity contribution in [3.63, 3.8) is 0 Å². The smallest absolute Gasteiger partial charge is 0.233 e. The molecule has 2 N–H and O–H groups in total. The summed E-state index contributed by atoms with van der Waals surface area (Å²) in [6.07, 6.45) is 0.